The molecule has 5 aromatic rings. The fraction of sp³-hybridized carbons (Fsp3) is 0.233. The van der Waals surface area contributed by atoms with E-state index in [9.17, 15) is 35.9 Å². The number of rotatable bonds is 6. The van der Waals surface area contributed by atoms with Crippen LogP contribution < -0.4 is 16.0 Å². The predicted molar refractivity (Wildman–Crippen MR) is 149 cm³/mol. The molecule has 1 aliphatic heterocycles. The third-order valence-electron chi connectivity index (χ3n) is 7.72. The van der Waals surface area contributed by atoms with E-state index in [1.54, 1.807) is 30.3 Å². The molecule has 0 saturated carbocycles. The maximum Gasteiger partial charge on any atom is 0.423 e. The first-order chi connectivity index (χ1) is 21.3. The van der Waals surface area contributed by atoms with Crippen molar-refractivity contribution in [2.24, 2.45) is 0 Å². The van der Waals surface area contributed by atoms with Crippen LogP contribution in [0.1, 0.15) is 41.1 Å². The molecule has 0 aliphatic carbocycles. The molecule has 0 saturated heterocycles. The summed E-state index contributed by atoms with van der Waals surface area (Å²) in [6.07, 6.45) is -5.39. The quantitative estimate of drug-likeness (QED) is 0.223. The van der Waals surface area contributed by atoms with Crippen LogP contribution in [0.4, 0.5) is 36.4 Å². The molecule has 1 atom stereocenters. The molecule has 45 heavy (non-hydrogen) atoms. The van der Waals surface area contributed by atoms with Crippen molar-refractivity contribution in [1.29, 1.82) is 0 Å². The van der Waals surface area contributed by atoms with Crippen LogP contribution in [0.15, 0.2) is 76.8 Å². The summed E-state index contributed by atoms with van der Waals surface area (Å²) < 4.78 is 96.6. The summed E-state index contributed by atoms with van der Waals surface area (Å²) in [7, 11) is 0. The lowest BCUT2D eigenvalue weighted by molar-refractivity contribution is -0.139. The third-order valence-corrected chi connectivity index (χ3v) is 7.72. The lowest BCUT2D eigenvalue weighted by Gasteiger charge is -2.29. The smallest absolute Gasteiger partial charge is 0.358 e. The van der Waals surface area contributed by atoms with Gasteiger partial charge in [-0.05, 0) is 47.6 Å². The fourth-order valence-corrected chi connectivity index (χ4v) is 5.63. The zero-order valence-corrected chi connectivity index (χ0v) is 23.0. The Kier molecular flexibility index (Phi) is 7.41. The van der Waals surface area contributed by atoms with Crippen LogP contribution in [-0.2, 0) is 25.4 Å². The molecule has 2 aromatic carbocycles. The van der Waals surface area contributed by atoms with Gasteiger partial charge in [-0.1, -0.05) is 24.3 Å². The van der Waals surface area contributed by atoms with Crippen LogP contribution in [0.5, 0.6) is 0 Å². The Labute approximate surface area is 248 Å². The zero-order valence-electron chi connectivity index (χ0n) is 23.0. The Balaban J connectivity index is 1.26. The van der Waals surface area contributed by atoms with E-state index in [-0.39, 0.29) is 35.6 Å². The van der Waals surface area contributed by atoms with E-state index in [1.807, 2.05) is 5.10 Å². The molecule has 4 heterocycles. The number of aromatic nitrogens is 5. The molecule has 15 heteroatoms. The number of hydrogen-bond acceptors (Lipinski definition) is 6. The number of nitrogens with one attached hydrogen (secondary N) is 1. The second-order valence-corrected chi connectivity index (χ2v) is 10.5. The number of nitrogens with zero attached hydrogens (tertiary/aromatic N) is 5. The second-order valence-electron chi connectivity index (χ2n) is 10.5. The van der Waals surface area contributed by atoms with Gasteiger partial charge in [-0.25, -0.2) is 19.5 Å². The first kappa shape index (κ1) is 30.0. The summed E-state index contributed by atoms with van der Waals surface area (Å²) in [5, 5.41) is 5.79. The van der Waals surface area contributed by atoms with Crippen molar-refractivity contribution in [3.63, 3.8) is 0 Å². The topological polar surface area (TPSA) is 96.8 Å². The Hall–Kier alpha value is -5.08. The van der Waals surface area contributed by atoms with Gasteiger partial charge in [0.25, 0.3) is 11.1 Å². The Morgan fingerprint density at radius 3 is 2.38 bits per heavy atom. The van der Waals surface area contributed by atoms with Gasteiger partial charge in [0.15, 0.2) is 5.82 Å². The molecule has 0 spiro atoms. The van der Waals surface area contributed by atoms with Gasteiger partial charge in [-0.15, -0.1) is 0 Å². The SMILES string of the molecule is O=c1[nH]ncc(N2Cc3ccccc3[C@H]2CCCn2ccc3cc(-c4ncc(C(F)(F)F)cn4)c(F)cc3c2=O)c1C(F)(F)F. The molecule has 0 amide bonds. The molecule has 3 aromatic heterocycles. The zero-order chi connectivity index (χ0) is 32.1. The second kappa shape index (κ2) is 11.1. The Morgan fingerprint density at radius 1 is 0.933 bits per heavy atom. The number of aryl methyl sites for hydroxylation is 1. The number of H-pyrrole nitrogens is 1. The Bertz CT molecular complexity index is 2020. The average Bonchev–Trinajstić information content (AvgIpc) is 3.35. The molecule has 1 N–H and O–H groups in total. The molecule has 232 valence electrons. The maximum atomic E-state index is 15.0. The molecule has 0 radical (unpaired) electrons. The molecule has 8 nitrogen and oxygen atoms in total. The molecule has 0 unspecified atom stereocenters. The highest BCUT2D eigenvalue weighted by atomic mass is 19.4. The van der Waals surface area contributed by atoms with Gasteiger partial charge in [0.2, 0.25) is 0 Å². The van der Waals surface area contributed by atoms with Crippen molar-refractivity contribution in [2.45, 2.75) is 44.3 Å². The average molecular weight is 631 g/mol. The molecule has 1 aliphatic rings. The van der Waals surface area contributed by atoms with E-state index in [0.717, 1.165) is 23.4 Å². The van der Waals surface area contributed by atoms with Crippen LogP contribution in [0.3, 0.4) is 0 Å². The van der Waals surface area contributed by atoms with E-state index in [0.29, 0.717) is 30.6 Å². The van der Waals surface area contributed by atoms with Gasteiger partial charge in [-0.3, -0.25) is 9.59 Å². The molecular formula is C30H21F7N6O2. The van der Waals surface area contributed by atoms with E-state index in [1.165, 1.54) is 21.7 Å². The number of aromatic amines is 1. The van der Waals surface area contributed by atoms with E-state index >= 15 is 4.39 Å². The fourth-order valence-electron chi connectivity index (χ4n) is 5.63. The number of anilines is 1. The molecule has 6 rings (SSSR count). The van der Waals surface area contributed by atoms with E-state index in [4.69, 9.17) is 0 Å². The number of halogens is 7. The standard InChI is InChI=1S/C30H21F7N6O2/c31-22-11-20-16(10-21(22)26-38-12-18(13-39-26)29(32,33)34)7-9-42(28(20)45)8-3-6-23-19-5-2-1-4-17(19)15-43(23)24-14-40-41-27(44)25(24)30(35,36)37/h1-2,4-5,7,9-14,23H,3,6,8,15H2,(H,41,44)/t23-/m1/s1. The van der Waals surface area contributed by atoms with Gasteiger partial charge < -0.3 is 9.47 Å². The highest BCUT2D eigenvalue weighted by Crippen LogP contribution is 2.43. The van der Waals surface area contributed by atoms with Crippen LogP contribution in [0.2, 0.25) is 0 Å². The first-order valence-corrected chi connectivity index (χ1v) is 13.5. The van der Waals surface area contributed by atoms with E-state index < -0.39 is 46.5 Å². The number of hydrogen-bond donors (Lipinski definition) is 1. The van der Waals surface area contributed by atoms with Crippen molar-refractivity contribution in [2.75, 3.05) is 4.90 Å². The summed E-state index contributed by atoms with van der Waals surface area (Å²) in [4.78, 5) is 34.1. The van der Waals surface area contributed by atoms with Crippen molar-refractivity contribution in [3.05, 3.63) is 116 Å². The van der Waals surface area contributed by atoms with Gasteiger partial charge in [0.1, 0.15) is 11.4 Å². The molecular weight excluding hydrogens is 609 g/mol. The van der Waals surface area contributed by atoms with Crippen molar-refractivity contribution < 1.29 is 30.7 Å². The summed E-state index contributed by atoms with van der Waals surface area (Å²) in [5.41, 5.74) is -3.26. The molecule has 0 bridgehead atoms. The summed E-state index contributed by atoms with van der Waals surface area (Å²) in [5.74, 6) is -1.18. The van der Waals surface area contributed by atoms with Crippen LogP contribution in [-0.4, -0.2) is 24.7 Å². The highest BCUT2D eigenvalue weighted by molar-refractivity contribution is 5.86. The van der Waals surface area contributed by atoms with Gasteiger partial charge >= 0.3 is 12.4 Å². The minimum atomic E-state index is -4.92. The van der Waals surface area contributed by atoms with Crippen molar-refractivity contribution in [1.82, 2.24) is 24.7 Å². The summed E-state index contributed by atoms with van der Waals surface area (Å²) in [6.45, 7) is 0.266. The van der Waals surface area contributed by atoms with Crippen molar-refractivity contribution >= 4 is 16.5 Å². The lowest BCUT2D eigenvalue weighted by atomic mass is 10.0. The molecule has 0 fully saturated rings. The van der Waals surface area contributed by atoms with Crippen molar-refractivity contribution in [3.8, 4) is 11.4 Å². The third kappa shape index (κ3) is 5.65. The predicted octanol–water partition coefficient (Wildman–Crippen LogP) is 6.26. The van der Waals surface area contributed by atoms with Gasteiger partial charge in [0, 0.05) is 31.7 Å². The number of alkyl halides is 6. The van der Waals surface area contributed by atoms with Crippen LogP contribution in [0, 0.1) is 5.82 Å². The maximum absolute atomic E-state index is 15.0. The summed E-state index contributed by atoms with van der Waals surface area (Å²) in [6, 6.07) is 10.4. The number of pyridine rings is 1. The lowest BCUT2D eigenvalue weighted by Crippen LogP contribution is -2.31. The van der Waals surface area contributed by atoms with Gasteiger partial charge in [0.05, 0.1) is 34.4 Å². The highest BCUT2D eigenvalue weighted by Gasteiger charge is 2.41. The van der Waals surface area contributed by atoms with Crippen LogP contribution in [0.25, 0.3) is 22.2 Å². The minimum Gasteiger partial charge on any atom is -0.358 e. The Morgan fingerprint density at radius 2 is 1.67 bits per heavy atom. The normalized spacial score (nSPS) is 15.1. The summed E-state index contributed by atoms with van der Waals surface area (Å²) >= 11 is 0. The largest absolute Gasteiger partial charge is 0.423 e. The monoisotopic (exact) mass is 630 g/mol. The van der Waals surface area contributed by atoms with E-state index in [2.05, 4.69) is 15.1 Å². The minimum absolute atomic E-state index is 0.0166. The van der Waals surface area contributed by atoms with Gasteiger partial charge in [-0.2, -0.15) is 31.4 Å². The number of benzene rings is 2. The van der Waals surface area contributed by atoms with Crippen LogP contribution >= 0.6 is 0 Å². The first-order valence-electron chi connectivity index (χ1n) is 13.5. The number of fused-ring (bicyclic) bond motifs is 2.